The number of hydrogen-bond acceptors (Lipinski definition) is 2. The molecule has 0 saturated heterocycles. The summed E-state index contributed by atoms with van der Waals surface area (Å²) in [6.45, 7) is 1.25. The van der Waals surface area contributed by atoms with Gasteiger partial charge in [-0.05, 0) is 41.8 Å². The summed E-state index contributed by atoms with van der Waals surface area (Å²) in [6, 6.07) is 13.4. The first-order valence-corrected chi connectivity index (χ1v) is 7.90. The van der Waals surface area contributed by atoms with Gasteiger partial charge in [-0.3, -0.25) is 9.59 Å². The van der Waals surface area contributed by atoms with E-state index >= 15 is 0 Å². The Labute approximate surface area is 140 Å². The van der Waals surface area contributed by atoms with E-state index in [9.17, 15) is 14.0 Å². The lowest BCUT2D eigenvalue weighted by Crippen LogP contribution is -2.43. The zero-order chi connectivity index (χ0) is 17.1. The molecule has 0 saturated carbocycles. The van der Waals surface area contributed by atoms with Crippen molar-refractivity contribution in [3.63, 3.8) is 0 Å². The van der Waals surface area contributed by atoms with E-state index in [4.69, 9.17) is 0 Å². The van der Waals surface area contributed by atoms with Gasteiger partial charge in [-0.2, -0.15) is 0 Å². The minimum absolute atomic E-state index is 0.0123. The first kappa shape index (κ1) is 16.2. The number of hydrogen-bond donors (Lipinski definition) is 0. The van der Waals surface area contributed by atoms with Crippen molar-refractivity contribution in [3.05, 3.63) is 71.0 Å². The molecular weight excluding hydrogens is 307 g/mol. The molecule has 0 N–H and O–H groups in total. The molecule has 1 aliphatic rings. The Kier molecular flexibility index (Phi) is 4.60. The van der Waals surface area contributed by atoms with Gasteiger partial charge in [0, 0.05) is 25.7 Å². The fourth-order valence-corrected chi connectivity index (χ4v) is 2.90. The van der Waals surface area contributed by atoms with Crippen LogP contribution in [0, 0.1) is 5.82 Å². The molecule has 2 aromatic carbocycles. The van der Waals surface area contributed by atoms with Gasteiger partial charge in [0.15, 0.2) is 0 Å². The van der Waals surface area contributed by atoms with Crippen molar-refractivity contribution in [3.8, 4) is 0 Å². The summed E-state index contributed by atoms with van der Waals surface area (Å²) in [5.74, 6) is -0.763. The lowest BCUT2D eigenvalue weighted by atomic mass is 10.00. The van der Waals surface area contributed by atoms with Gasteiger partial charge in [0.1, 0.15) is 5.82 Å². The van der Waals surface area contributed by atoms with Gasteiger partial charge >= 0.3 is 0 Å². The standard InChI is InChI=1S/C19H19FN2O2/c1-21(19(24)15-6-8-17(20)9-7-15)13-18(23)22-11-10-14-4-2-3-5-16(14)12-22/h2-9H,10-13H2,1H3. The van der Waals surface area contributed by atoms with Crippen LogP contribution in [0.2, 0.25) is 0 Å². The average Bonchev–Trinajstić information content (AvgIpc) is 2.61. The number of rotatable bonds is 3. The van der Waals surface area contributed by atoms with Crippen molar-refractivity contribution >= 4 is 11.8 Å². The molecule has 3 rings (SSSR count). The van der Waals surface area contributed by atoms with Crippen molar-refractivity contribution in [2.45, 2.75) is 13.0 Å². The molecule has 2 amide bonds. The first-order chi connectivity index (χ1) is 11.5. The molecule has 0 fully saturated rings. The maximum Gasteiger partial charge on any atom is 0.254 e. The van der Waals surface area contributed by atoms with Crippen molar-refractivity contribution in [2.75, 3.05) is 20.1 Å². The second-order valence-corrected chi connectivity index (χ2v) is 6.00. The van der Waals surface area contributed by atoms with Crippen molar-refractivity contribution < 1.29 is 14.0 Å². The maximum atomic E-state index is 12.9. The highest BCUT2D eigenvalue weighted by atomic mass is 19.1. The highest BCUT2D eigenvalue weighted by molar-refractivity contribution is 5.96. The van der Waals surface area contributed by atoms with Gasteiger partial charge in [0.05, 0.1) is 6.54 Å². The Bertz CT molecular complexity index is 758. The lowest BCUT2D eigenvalue weighted by Gasteiger charge is -2.30. The smallest absolute Gasteiger partial charge is 0.254 e. The Morgan fingerprint density at radius 1 is 1.08 bits per heavy atom. The minimum Gasteiger partial charge on any atom is -0.336 e. The zero-order valence-corrected chi connectivity index (χ0v) is 13.5. The summed E-state index contributed by atoms with van der Waals surface area (Å²) in [5, 5.41) is 0. The van der Waals surface area contributed by atoms with Gasteiger partial charge in [0.2, 0.25) is 5.91 Å². The van der Waals surface area contributed by atoms with Crippen molar-refractivity contribution in [2.24, 2.45) is 0 Å². The zero-order valence-electron chi connectivity index (χ0n) is 13.5. The number of amides is 2. The highest BCUT2D eigenvalue weighted by Gasteiger charge is 2.23. The minimum atomic E-state index is -0.391. The first-order valence-electron chi connectivity index (χ1n) is 7.90. The molecule has 2 aromatic rings. The highest BCUT2D eigenvalue weighted by Crippen LogP contribution is 2.18. The molecule has 5 heteroatoms. The molecular formula is C19H19FN2O2. The molecule has 0 atom stereocenters. The van der Waals surface area contributed by atoms with Crippen LogP contribution in [0.4, 0.5) is 4.39 Å². The number of benzene rings is 2. The Balaban J connectivity index is 1.62. The van der Waals surface area contributed by atoms with Crippen LogP contribution in [0.1, 0.15) is 21.5 Å². The van der Waals surface area contributed by atoms with E-state index in [0.717, 1.165) is 12.0 Å². The molecule has 124 valence electrons. The van der Waals surface area contributed by atoms with Gasteiger partial charge in [0.25, 0.3) is 5.91 Å². The second-order valence-electron chi connectivity index (χ2n) is 6.00. The molecule has 0 unspecified atom stereocenters. The van der Waals surface area contributed by atoms with Gasteiger partial charge < -0.3 is 9.80 Å². The summed E-state index contributed by atoms with van der Waals surface area (Å²) >= 11 is 0. The number of halogens is 1. The summed E-state index contributed by atoms with van der Waals surface area (Å²) < 4.78 is 12.9. The monoisotopic (exact) mass is 326 g/mol. The Morgan fingerprint density at radius 3 is 2.46 bits per heavy atom. The number of fused-ring (bicyclic) bond motifs is 1. The van der Waals surface area contributed by atoms with Gasteiger partial charge in [-0.1, -0.05) is 24.3 Å². The van der Waals surface area contributed by atoms with Crippen LogP contribution in [0.25, 0.3) is 0 Å². The largest absolute Gasteiger partial charge is 0.336 e. The van der Waals surface area contributed by atoms with Gasteiger partial charge in [-0.25, -0.2) is 4.39 Å². The quantitative estimate of drug-likeness (QED) is 0.869. The predicted molar refractivity (Wildman–Crippen MR) is 88.9 cm³/mol. The molecule has 0 aromatic heterocycles. The number of likely N-dealkylation sites (N-methyl/N-ethyl adjacent to an activating group) is 1. The van der Waals surface area contributed by atoms with E-state index in [1.54, 1.807) is 11.9 Å². The molecule has 24 heavy (non-hydrogen) atoms. The number of carbonyl (C=O) groups is 2. The van der Waals surface area contributed by atoms with Crippen molar-refractivity contribution in [1.29, 1.82) is 0 Å². The number of carbonyl (C=O) groups excluding carboxylic acids is 2. The SMILES string of the molecule is CN(CC(=O)N1CCc2ccccc2C1)C(=O)c1ccc(F)cc1. The molecule has 4 nitrogen and oxygen atoms in total. The third-order valence-corrected chi connectivity index (χ3v) is 4.29. The van der Waals surface area contributed by atoms with Crippen LogP contribution in [-0.2, 0) is 17.8 Å². The molecule has 0 radical (unpaired) electrons. The van der Waals surface area contributed by atoms with E-state index < -0.39 is 5.82 Å². The van der Waals surface area contributed by atoms with Crippen LogP contribution in [-0.4, -0.2) is 41.8 Å². The fourth-order valence-electron chi connectivity index (χ4n) is 2.90. The van der Waals surface area contributed by atoms with E-state index in [-0.39, 0.29) is 18.4 Å². The molecule has 1 aliphatic heterocycles. The van der Waals surface area contributed by atoms with Gasteiger partial charge in [-0.15, -0.1) is 0 Å². The third-order valence-electron chi connectivity index (χ3n) is 4.29. The topological polar surface area (TPSA) is 40.6 Å². The summed E-state index contributed by atoms with van der Waals surface area (Å²) in [5.41, 5.74) is 2.80. The van der Waals surface area contributed by atoms with Crippen LogP contribution >= 0.6 is 0 Å². The molecule has 0 bridgehead atoms. The van der Waals surface area contributed by atoms with Crippen LogP contribution in [0.3, 0.4) is 0 Å². The van der Waals surface area contributed by atoms with Crippen molar-refractivity contribution in [1.82, 2.24) is 9.80 Å². The lowest BCUT2D eigenvalue weighted by molar-refractivity contribution is -0.132. The second kappa shape index (κ2) is 6.83. The third kappa shape index (κ3) is 3.45. The fraction of sp³-hybridized carbons (Fsp3) is 0.263. The van der Waals surface area contributed by atoms with Crippen LogP contribution in [0.15, 0.2) is 48.5 Å². The number of nitrogens with zero attached hydrogens (tertiary/aromatic N) is 2. The predicted octanol–water partition coefficient (Wildman–Crippen LogP) is 2.48. The van der Waals surface area contributed by atoms with Crippen LogP contribution in [0.5, 0.6) is 0 Å². The maximum absolute atomic E-state index is 12.9. The van der Waals surface area contributed by atoms with E-state index in [0.29, 0.717) is 18.7 Å². The summed E-state index contributed by atoms with van der Waals surface area (Å²) in [7, 11) is 1.58. The Hall–Kier alpha value is -2.69. The van der Waals surface area contributed by atoms with E-state index in [1.165, 1.54) is 34.7 Å². The summed E-state index contributed by atoms with van der Waals surface area (Å²) in [4.78, 5) is 27.9. The van der Waals surface area contributed by atoms with Crippen LogP contribution < -0.4 is 0 Å². The average molecular weight is 326 g/mol. The Morgan fingerprint density at radius 2 is 1.75 bits per heavy atom. The van der Waals surface area contributed by atoms with E-state index in [2.05, 4.69) is 6.07 Å². The molecule has 0 aliphatic carbocycles. The summed E-state index contributed by atoms with van der Waals surface area (Å²) in [6.07, 6.45) is 0.831. The molecule has 1 heterocycles. The van der Waals surface area contributed by atoms with E-state index in [1.807, 2.05) is 18.2 Å². The molecule has 0 spiro atoms. The normalized spacial score (nSPS) is 13.3.